The first-order chi connectivity index (χ1) is 7.54. The Morgan fingerprint density at radius 3 is 2.62 bits per heavy atom. The molecule has 1 N–H and O–H groups in total. The number of para-hydroxylation sites is 1. The lowest BCUT2D eigenvalue weighted by Gasteiger charge is -2.06. The molecule has 0 amide bonds. The van der Waals surface area contributed by atoms with E-state index in [0.717, 1.165) is 11.1 Å². The molecule has 0 radical (unpaired) electrons. The molecule has 4 nitrogen and oxygen atoms in total. The first kappa shape index (κ1) is 11.0. The molecule has 0 aliphatic carbocycles. The molecule has 5 heteroatoms. The fraction of sp³-hybridized carbons (Fsp3) is 0.182. The van der Waals surface area contributed by atoms with Gasteiger partial charge in [-0.3, -0.25) is 4.98 Å². The van der Waals surface area contributed by atoms with Crippen LogP contribution in [-0.2, 0) is 10.0 Å². The molecule has 1 aromatic carbocycles. The Labute approximate surface area is 94.4 Å². The van der Waals surface area contributed by atoms with Crippen molar-refractivity contribution in [2.45, 2.75) is 11.8 Å². The van der Waals surface area contributed by atoms with Crippen LogP contribution in [0.5, 0.6) is 0 Å². The zero-order valence-corrected chi connectivity index (χ0v) is 9.88. The van der Waals surface area contributed by atoms with E-state index in [1.54, 1.807) is 12.1 Å². The summed E-state index contributed by atoms with van der Waals surface area (Å²) in [4.78, 5) is 4.49. The maximum Gasteiger partial charge on any atom is 0.242 e. The molecule has 0 saturated heterocycles. The smallest absolute Gasteiger partial charge is 0.242 e. The van der Waals surface area contributed by atoms with E-state index in [0.29, 0.717) is 5.52 Å². The van der Waals surface area contributed by atoms with Crippen LogP contribution < -0.4 is 4.72 Å². The van der Waals surface area contributed by atoms with Crippen LogP contribution in [0.4, 0.5) is 0 Å². The molecule has 0 fully saturated rings. The maximum absolute atomic E-state index is 11.8. The van der Waals surface area contributed by atoms with Gasteiger partial charge in [0.25, 0.3) is 0 Å². The number of aromatic nitrogens is 1. The molecule has 1 heterocycles. The SMILES string of the molecule is CNS(=O)(=O)c1cccc2ccc(C)nc12. The molecule has 0 aliphatic heterocycles. The van der Waals surface area contributed by atoms with Gasteiger partial charge in [0, 0.05) is 11.1 Å². The fourth-order valence-electron chi connectivity index (χ4n) is 1.54. The summed E-state index contributed by atoms with van der Waals surface area (Å²) in [6, 6.07) is 8.84. The van der Waals surface area contributed by atoms with Crippen molar-refractivity contribution in [3.8, 4) is 0 Å². The van der Waals surface area contributed by atoms with Gasteiger partial charge in [0.2, 0.25) is 10.0 Å². The van der Waals surface area contributed by atoms with Crippen molar-refractivity contribution in [3.63, 3.8) is 0 Å². The maximum atomic E-state index is 11.8. The minimum Gasteiger partial charge on any atom is -0.252 e. The molecule has 0 bridgehead atoms. The van der Waals surface area contributed by atoms with Gasteiger partial charge in [0.05, 0.1) is 5.52 Å². The van der Waals surface area contributed by atoms with E-state index in [-0.39, 0.29) is 4.90 Å². The zero-order chi connectivity index (χ0) is 11.8. The van der Waals surface area contributed by atoms with Crippen LogP contribution in [0.1, 0.15) is 5.69 Å². The van der Waals surface area contributed by atoms with Crippen molar-refractivity contribution < 1.29 is 8.42 Å². The number of aryl methyl sites for hydroxylation is 1. The van der Waals surface area contributed by atoms with Crippen molar-refractivity contribution in [1.82, 2.24) is 9.71 Å². The predicted octanol–water partition coefficient (Wildman–Crippen LogP) is 1.45. The summed E-state index contributed by atoms with van der Waals surface area (Å²) in [5, 5.41) is 0.821. The van der Waals surface area contributed by atoms with E-state index in [4.69, 9.17) is 0 Å². The highest BCUT2D eigenvalue weighted by Crippen LogP contribution is 2.20. The topological polar surface area (TPSA) is 59.1 Å². The number of hydrogen-bond donors (Lipinski definition) is 1. The molecule has 16 heavy (non-hydrogen) atoms. The van der Waals surface area contributed by atoms with Crippen molar-refractivity contribution in [1.29, 1.82) is 0 Å². The van der Waals surface area contributed by atoms with E-state index in [2.05, 4.69) is 9.71 Å². The Morgan fingerprint density at radius 2 is 1.94 bits per heavy atom. The van der Waals surface area contributed by atoms with Gasteiger partial charge in [0.15, 0.2) is 0 Å². The van der Waals surface area contributed by atoms with Crippen molar-refractivity contribution in [3.05, 3.63) is 36.0 Å². The average Bonchev–Trinajstić information content (AvgIpc) is 2.28. The van der Waals surface area contributed by atoms with Crippen LogP contribution >= 0.6 is 0 Å². The molecule has 0 atom stereocenters. The van der Waals surface area contributed by atoms with Gasteiger partial charge in [-0.25, -0.2) is 13.1 Å². The molecule has 0 spiro atoms. The summed E-state index contributed by atoms with van der Waals surface area (Å²) in [6.07, 6.45) is 0. The quantitative estimate of drug-likeness (QED) is 0.858. The van der Waals surface area contributed by atoms with Gasteiger partial charge >= 0.3 is 0 Å². The van der Waals surface area contributed by atoms with Crippen LogP contribution in [0.3, 0.4) is 0 Å². The number of nitrogens with one attached hydrogen (secondary N) is 1. The number of pyridine rings is 1. The second kappa shape index (κ2) is 3.84. The summed E-state index contributed by atoms with van der Waals surface area (Å²) >= 11 is 0. The van der Waals surface area contributed by atoms with Crippen molar-refractivity contribution in [2.75, 3.05) is 7.05 Å². The Balaban J connectivity index is 2.85. The van der Waals surface area contributed by atoms with Crippen LogP contribution in [0.25, 0.3) is 10.9 Å². The van der Waals surface area contributed by atoms with Gasteiger partial charge in [-0.05, 0) is 26.1 Å². The van der Waals surface area contributed by atoms with Gasteiger partial charge in [-0.15, -0.1) is 0 Å². The fourth-order valence-corrected chi connectivity index (χ4v) is 2.44. The largest absolute Gasteiger partial charge is 0.252 e. The highest BCUT2D eigenvalue weighted by molar-refractivity contribution is 7.89. The van der Waals surface area contributed by atoms with Crippen molar-refractivity contribution in [2.24, 2.45) is 0 Å². The van der Waals surface area contributed by atoms with Crippen LogP contribution in [0.15, 0.2) is 35.2 Å². The Kier molecular flexibility index (Phi) is 2.65. The van der Waals surface area contributed by atoms with Gasteiger partial charge in [0.1, 0.15) is 4.90 Å². The van der Waals surface area contributed by atoms with Crippen molar-refractivity contribution >= 4 is 20.9 Å². The Bertz CT molecular complexity index is 635. The highest BCUT2D eigenvalue weighted by Gasteiger charge is 2.15. The van der Waals surface area contributed by atoms with Gasteiger partial charge in [-0.1, -0.05) is 18.2 Å². The standard InChI is InChI=1S/C11H12N2O2S/c1-8-6-7-9-4-3-5-10(11(9)13-8)16(14,15)12-2/h3-7,12H,1-2H3. The molecule has 2 rings (SSSR count). The summed E-state index contributed by atoms with van der Waals surface area (Å²) < 4.78 is 25.9. The van der Waals surface area contributed by atoms with Crippen LogP contribution in [0, 0.1) is 6.92 Å². The Hall–Kier alpha value is -1.46. The molecule has 0 saturated carbocycles. The third-order valence-corrected chi connectivity index (χ3v) is 3.83. The lowest BCUT2D eigenvalue weighted by atomic mass is 10.2. The molecular weight excluding hydrogens is 224 g/mol. The van der Waals surface area contributed by atoms with Crippen LogP contribution in [-0.4, -0.2) is 20.4 Å². The first-order valence-electron chi connectivity index (χ1n) is 4.84. The number of benzene rings is 1. The van der Waals surface area contributed by atoms with Gasteiger partial charge in [-0.2, -0.15) is 0 Å². The number of sulfonamides is 1. The number of fused-ring (bicyclic) bond motifs is 1. The molecular formula is C11H12N2O2S. The van der Waals surface area contributed by atoms with E-state index >= 15 is 0 Å². The lowest BCUT2D eigenvalue weighted by Crippen LogP contribution is -2.19. The Morgan fingerprint density at radius 1 is 1.19 bits per heavy atom. The third kappa shape index (κ3) is 1.79. The number of rotatable bonds is 2. The average molecular weight is 236 g/mol. The second-order valence-corrected chi connectivity index (χ2v) is 5.34. The van der Waals surface area contributed by atoms with E-state index in [1.165, 1.54) is 7.05 Å². The second-order valence-electron chi connectivity index (χ2n) is 3.49. The summed E-state index contributed by atoms with van der Waals surface area (Å²) in [5.41, 5.74) is 1.31. The number of nitrogens with zero attached hydrogens (tertiary/aromatic N) is 1. The molecule has 1 aromatic heterocycles. The number of hydrogen-bond acceptors (Lipinski definition) is 3. The minimum atomic E-state index is -3.45. The van der Waals surface area contributed by atoms with E-state index in [9.17, 15) is 8.42 Å². The molecule has 2 aromatic rings. The highest BCUT2D eigenvalue weighted by atomic mass is 32.2. The van der Waals surface area contributed by atoms with E-state index < -0.39 is 10.0 Å². The molecule has 84 valence electrons. The minimum absolute atomic E-state index is 0.219. The normalized spacial score (nSPS) is 11.9. The summed E-state index contributed by atoms with van der Waals surface area (Å²) in [5.74, 6) is 0. The lowest BCUT2D eigenvalue weighted by molar-refractivity contribution is 0.589. The summed E-state index contributed by atoms with van der Waals surface area (Å²) in [7, 11) is -2.06. The van der Waals surface area contributed by atoms with E-state index in [1.807, 2.05) is 25.1 Å². The predicted molar refractivity (Wildman–Crippen MR) is 62.7 cm³/mol. The monoisotopic (exact) mass is 236 g/mol. The molecule has 0 aliphatic rings. The summed E-state index contributed by atoms with van der Waals surface area (Å²) in [6.45, 7) is 1.84. The molecule has 0 unspecified atom stereocenters. The zero-order valence-electron chi connectivity index (χ0n) is 9.06. The van der Waals surface area contributed by atoms with Gasteiger partial charge < -0.3 is 0 Å². The first-order valence-corrected chi connectivity index (χ1v) is 6.33. The third-order valence-electron chi connectivity index (χ3n) is 2.38. The van der Waals surface area contributed by atoms with Crippen LogP contribution in [0.2, 0.25) is 0 Å².